The molecule has 10 heteroatoms. The van der Waals surface area contributed by atoms with Crippen molar-refractivity contribution in [3.8, 4) is 17.1 Å². The number of ether oxygens (including phenoxy) is 1. The minimum absolute atomic E-state index is 0.147. The topological polar surface area (TPSA) is 123 Å². The lowest BCUT2D eigenvalue weighted by Gasteiger charge is -2.07. The summed E-state index contributed by atoms with van der Waals surface area (Å²) in [5.41, 5.74) is 1.46. The van der Waals surface area contributed by atoms with E-state index in [-0.39, 0.29) is 23.8 Å². The Morgan fingerprint density at radius 2 is 1.93 bits per heavy atom. The van der Waals surface area contributed by atoms with E-state index in [0.29, 0.717) is 23.7 Å². The molecule has 0 radical (unpaired) electrons. The second-order valence-corrected chi connectivity index (χ2v) is 8.26. The molecule has 158 valence electrons. The number of carbonyl (C=O) groups excluding carboxylic acids is 1. The van der Waals surface area contributed by atoms with Gasteiger partial charge in [0.15, 0.2) is 0 Å². The lowest BCUT2D eigenvalue weighted by molar-refractivity contribution is -0.121. The third-order valence-electron chi connectivity index (χ3n) is 4.35. The molecule has 3 aromatic rings. The first kappa shape index (κ1) is 21.5. The summed E-state index contributed by atoms with van der Waals surface area (Å²) in [5, 5.41) is 6.69. The third-order valence-corrected chi connectivity index (χ3v) is 5.76. The van der Waals surface area contributed by atoms with Gasteiger partial charge in [0.05, 0.1) is 12.0 Å². The molecule has 0 unspecified atom stereocenters. The molecule has 0 saturated carbocycles. The molecular formula is C20H22N4O5S. The highest BCUT2D eigenvalue weighted by Crippen LogP contribution is 2.20. The molecule has 9 nitrogen and oxygen atoms in total. The van der Waals surface area contributed by atoms with Crippen molar-refractivity contribution >= 4 is 15.9 Å². The Hall–Kier alpha value is -3.24. The van der Waals surface area contributed by atoms with Crippen molar-refractivity contribution in [2.75, 3.05) is 14.2 Å². The maximum atomic E-state index is 12.1. The Balaban J connectivity index is 1.52. The van der Waals surface area contributed by atoms with Crippen molar-refractivity contribution in [3.63, 3.8) is 0 Å². The van der Waals surface area contributed by atoms with Crippen LogP contribution in [0.5, 0.6) is 5.75 Å². The van der Waals surface area contributed by atoms with Gasteiger partial charge in [0.1, 0.15) is 5.75 Å². The summed E-state index contributed by atoms with van der Waals surface area (Å²) in [6.45, 7) is 0.215. The number of benzene rings is 2. The summed E-state index contributed by atoms with van der Waals surface area (Å²) in [6.07, 6.45) is 0.460. The first-order valence-corrected chi connectivity index (χ1v) is 10.7. The minimum atomic E-state index is -3.53. The van der Waals surface area contributed by atoms with Gasteiger partial charge >= 0.3 is 0 Å². The Bertz CT molecular complexity index is 1110. The van der Waals surface area contributed by atoms with Crippen LogP contribution in [0.3, 0.4) is 0 Å². The highest BCUT2D eigenvalue weighted by Gasteiger charge is 2.13. The van der Waals surface area contributed by atoms with Crippen LogP contribution in [0.1, 0.15) is 17.9 Å². The zero-order valence-electron chi connectivity index (χ0n) is 16.6. The zero-order chi connectivity index (χ0) is 21.6. The predicted molar refractivity (Wildman–Crippen MR) is 109 cm³/mol. The first-order valence-electron chi connectivity index (χ1n) is 9.17. The van der Waals surface area contributed by atoms with Gasteiger partial charge in [-0.3, -0.25) is 4.79 Å². The van der Waals surface area contributed by atoms with Crippen molar-refractivity contribution in [1.29, 1.82) is 0 Å². The number of sulfonamides is 1. The average Bonchev–Trinajstić information content (AvgIpc) is 3.25. The molecule has 0 spiro atoms. The smallest absolute Gasteiger partial charge is 0.240 e. The molecule has 0 aliphatic rings. The molecule has 3 rings (SSSR count). The number of carbonyl (C=O) groups is 1. The van der Waals surface area contributed by atoms with Gasteiger partial charge in [0.25, 0.3) is 0 Å². The van der Waals surface area contributed by atoms with E-state index in [9.17, 15) is 13.2 Å². The van der Waals surface area contributed by atoms with Crippen LogP contribution in [-0.2, 0) is 27.8 Å². The van der Waals surface area contributed by atoms with E-state index in [4.69, 9.17) is 9.26 Å². The van der Waals surface area contributed by atoms with Crippen molar-refractivity contribution in [2.24, 2.45) is 0 Å². The summed E-state index contributed by atoms with van der Waals surface area (Å²) in [4.78, 5) is 16.6. The molecule has 1 heterocycles. The Morgan fingerprint density at radius 1 is 1.17 bits per heavy atom. The second kappa shape index (κ2) is 9.51. The largest absolute Gasteiger partial charge is 0.497 e. The number of nitrogens with zero attached hydrogens (tertiary/aromatic N) is 2. The van der Waals surface area contributed by atoms with Crippen molar-refractivity contribution in [2.45, 2.75) is 24.3 Å². The monoisotopic (exact) mass is 430 g/mol. The summed E-state index contributed by atoms with van der Waals surface area (Å²) in [7, 11) is -0.588. The summed E-state index contributed by atoms with van der Waals surface area (Å²) in [5.74, 6) is 1.32. The van der Waals surface area contributed by atoms with Crippen molar-refractivity contribution in [3.05, 3.63) is 60.0 Å². The fraction of sp³-hybridized carbons (Fsp3) is 0.250. The number of methoxy groups -OCH3 is 1. The van der Waals surface area contributed by atoms with Crippen LogP contribution in [0.4, 0.5) is 0 Å². The fourth-order valence-corrected chi connectivity index (χ4v) is 3.46. The van der Waals surface area contributed by atoms with E-state index in [1.165, 1.54) is 19.2 Å². The SMILES string of the molecule is CNS(=O)(=O)c1cccc(CNC(=O)CCc2nc(-c3ccc(OC)cc3)no2)c1. The van der Waals surface area contributed by atoms with Gasteiger partial charge < -0.3 is 14.6 Å². The van der Waals surface area contributed by atoms with Gasteiger partial charge in [-0.15, -0.1) is 0 Å². The first-order chi connectivity index (χ1) is 14.4. The molecule has 1 aromatic heterocycles. The van der Waals surface area contributed by atoms with Crippen LogP contribution in [0.25, 0.3) is 11.4 Å². The standard InChI is InChI=1S/C20H22N4O5S/c1-21-30(26,27)17-5-3-4-14(12-17)13-22-18(25)10-11-19-23-20(24-29-19)15-6-8-16(28-2)9-7-15/h3-9,12,21H,10-11,13H2,1-2H3,(H,22,25). The molecule has 0 bridgehead atoms. The highest BCUT2D eigenvalue weighted by molar-refractivity contribution is 7.89. The number of hydrogen-bond acceptors (Lipinski definition) is 7. The normalized spacial score (nSPS) is 11.3. The average molecular weight is 430 g/mol. The minimum Gasteiger partial charge on any atom is -0.497 e. The Morgan fingerprint density at radius 3 is 2.63 bits per heavy atom. The fourth-order valence-electron chi connectivity index (χ4n) is 2.66. The van der Waals surface area contributed by atoms with Crippen LogP contribution in [0.15, 0.2) is 57.9 Å². The van der Waals surface area contributed by atoms with Crippen LogP contribution in [0.2, 0.25) is 0 Å². The molecule has 30 heavy (non-hydrogen) atoms. The lowest BCUT2D eigenvalue weighted by Crippen LogP contribution is -2.23. The third kappa shape index (κ3) is 5.43. The van der Waals surface area contributed by atoms with E-state index in [1.54, 1.807) is 31.4 Å². The maximum absolute atomic E-state index is 12.1. The number of aromatic nitrogens is 2. The summed E-state index contributed by atoms with van der Waals surface area (Å²) in [6, 6.07) is 13.6. The summed E-state index contributed by atoms with van der Waals surface area (Å²) < 4.78 is 36.3. The van der Waals surface area contributed by atoms with Crippen LogP contribution in [0, 0.1) is 0 Å². The number of aryl methyl sites for hydroxylation is 1. The summed E-state index contributed by atoms with van der Waals surface area (Å²) >= 11 is 0. The number of hydrogen-bond donors (Lipinski definition) is 2. The highest BCUT2D eigenvalue weighted by atomic mass is 32.2. The predicted octanol–water partition coefficient (Wildman–Crippen LogP) is 1.90. The molecule has 0 aliphatic heterocycles. The number of amides is 1. The Labute approximate surface area is 174 Å². The number of rotatable bonds is 9. The van der Waals surface area contributed by atoms with E-state index >= 15 is 0 Å². The Kier molecular flexibility index (Phi) is 6.80. The van der Waals surface area contributed by atoms with Crippen molar-refractivity contribution < 1.29 is 22.5 Å². The van der Waals surface area contributed by atoms with Gasteiger partial charge in [-0.25, -0.2) is 13.1 Å². The van der Waals surface area contributed by atoms with E-state index in [1.807, 2.05) is 12.1 Å². The van der Waals surface area contributed by atoms with E-state index in [2.05, 4.69) is 20.2 Å². The molecule has 0 saturated heterocycles. The quantitative estimate of drug-likeness (QED) is 0.531. The van der Waals surface area contributed by atoms with Crippen LogP contribution < -0.4 is 14.8 Å². The molecular weight excluding hydrogens is 408 g/mol. The molecule has 0 fully saturated rings. The molecule has 0 atom stereocenters. The van der Waals surface area contributed by atoms with Gasteiger partial charge in [0, 0.05) is 24.9 Å². The molecule has 2 aromatic carbocycles. The molecule has 2 N–H and O–H groups in total. The number of nitrogens with one attached hydrogen (secondary N) is 2. The van der Waals surface area contributed by atoms with E-state index < -0.39 is 10.0 Å². The van der Waals surface area contributed by atoms with E-state index in [0.717, 1.165) is 11.3 Å². The van der Waals surface area contributed by atoms with Gasteiger partial charge in [-0.1, -0.05) is 17.3 Å². The molecule has 0 aliphatic carbocycles. The van der Waals surface area contributed by atoms with Gasteiger partial charge in [-0.2, -0.15) is 4.98 Å². The molecule has 1 amide bonds. The van der Waals surface area contributed by atoms with Crippen LogP contribution >= 0.6 is 0 Å². The maximum Gasteiger partial charge on any atom is 0.240 e. The van der Waals surface area contributed by atoms with Crippen molar-refractivity contribution in [1.82, 2.24) is 20.2 Å². The lowest BCUT2D eigenvalue weighted by atomic mass is 10.2. The second-order valence-electron chi connectivity index (χ2n) is 6.37. The van der Waals surface area contributed by atoms with Gasteiger partial charge in [0.2, 0.25) is 27.6 Å². The van der Waals surface area contributed by atoms with Gasteiger partial charge in [-0.05, 0) is 49.0 Å². The van der Waals surface area contributed by atoms with Crippen LogP contribution in [-0.4, -0.2) is 38.6 Å². The zero-order valence-corrected chi connectivity index (χ0v) is 17.4.